The predicted molar refractivity (Wildman–Crippen MR) is 131 cm³/mol. The van der Waals surface area contributed by atoms with Gasteiger partial charge < -0.3 is 19.3 Å². The molecule has 2 aromatic carbocycles. The van der Waals surface area contributed by atoms with Crippen molar-refractivity contribution in [2.24, 2.45) is 0 Å². The summed E-state index contributed by atoms with van der Waals surface area (Å²) in [6.07, 6.45) is -2.17. The number of β-lactam (4-membered cyclic amide) rings is 1. The lowest BCUT2D eigenvalue weighted by Gasteiger charge is -2.48. The second kappa shape index (κ2) is 11.2. The van der Waals surface area contributed by atoms with Gasteiger partial charge in [0, 0.05) is 12.9 Å². The van der Waals surface area contributed by atoms with Crippen LogP contribution < -0.4 is 0 Å². The molecule has 0 aliphatic carbocycles. The van der Waals surface area contributed by atoms with Crippen molar-refractivity contribution in [1.82, 2.24) is 25.1 Å². The summed E-state index contributed by atoms with van der Waals surface area (Å²) in [6.45, 7) is 0.219. The molecule has 192 valence electrons. The second-order valence-corrected chi connectivity index (χ2v) is 9.26. The van der Waals surface area contributed by atoms with Gasteiger partial charge in [-0.3, -0.25) is 9.69 Å². The third-order valence-corrected chi connectivity index (χ3v) is 7.10. The molecule has 0 radical (unpaired) electrons. The minimum absolute atomic E-state index is 0.106. The number of carbonyl (C=O) groups is 2. The molecule has 1 aromatic heterocycles. The molecule has 3 heterocycles. The van der Waals surface area contributed by atoms with Gasteiger partial charge in [-0.1, -0.05) is 72.4 Å². The maximum atomic E-state index is 13.8. The van der Waals surface area contributed by atoms with Gasteiger partial charge in [0.1, 0.15) is 5.70 Å². The quantitative estimate of drug-likeness (QED) is 0.237. The lowest BCUT2D eigenvalue weighted by molar-refractivity contribution is -0.213. The van der Waals surface area contributed by atoms with Crippen molar-refractivity contribution in [3.63, 3.8) is 0 Å². The Morgan fingerprint density at radius 1 is 1.16 bits per heavy atom. The normalized spacial score (nSPS) is 19.1. The molecule has 5 rings (SSSR count). The number of carbonyl (C=O) groups excluding carboxylic acids is 2. The molecule has 37 heavy (non-hydrogen) atoms. The number of nitrogens with zero attached hydrogens (tertiary/aromatic N) is 5. The Kier molecular flexibility index (Phi) is 7.60. The SMILES string of the molecule is COC1C(=O)N2C(C(=O)OC(c3ccccc3)c3ccccc3)=C(CSc3nnnn3CCO)COC12. The number of aliphatic hydroxyl groups is 1. The minimum Gasteiger partial charge on any atom is -0.448 e. The van der Waals surface area contributed by atoms with E-state index in [-0.39, 0.29) is 37.1 Å². The summed E-state index contributed by atoms with van der Waals surface area (Å²) in [5.41, 5.74) is 2.30. The van der Waals surface area contributed by atoms with Crippen molar-refractivity contribution in [2.75, 3.05) is 26.1 Å². The smallest absolute Gasteiger partial charge is 0.356 e. The summed E-state index contributed by atoms with van der Waals surface area (Å²) >= 11 is 1.27. The first-order chi connectivity index (χ1) is 18.1. The van der Waals surface area contributed by atoms with E-state index in [1.165, 1.54) is 28.5 Å². The van der Waals surface area contributed by atoms with Crippen molar-refractivity contribution in [3.05, 3.63) is 83.1 Å². The summed E-state index contributed by atoms with van der Waals surface area (Å²) in [7, 11) is 1.43. The van der Waals surface area contributed by atoms with Crippen LogP contribution in [-0.4, -0.2) is 80.5 Å². The zero-order valence-corrected chi connectivity index (χ0v) is 20.8. The molecule has 1 saturated heterocycles. The van der Waals surface area contributed by atoms with E-state index in [0.717, 1.165) is 11.1 Å². The predicted octanol–water partition coefficient (Wildman–Crippen LogP) is 1.56. The minimum atomic E-state index is -0.784. The van der Waals surface area contributed by atoms with Gasteiger partial charge in [-0.05, 0) is 27.1 Å². The van der Waals surface area contributed by atoms with Gasteiger partial charge in [0.2, 0.25) is 5.16 Å². The third-order valence-electron chi connectivity index (χ3n) is 6.06. The van der Waals surface area contributed by atoms with Crippen LogP contribution in [0.5, 0.6) is 0 Å². The number of aliphatic hydroxyl groups excluding tert-OH is 1. The molecule has 11 nitrogen and oxygen atoms in total. The molecule has 2 aliphatic heterocycles. The molecule has 2 aliphatic rings. The largest absolute Gasteiger partial charge is 0.448 e. The fraction of sp³-hybridized carbons (Fsp3) is 0.320. The highest BCUT2D eigenvalue weighted by Crippen LogP contribution is 2.37. The van der Waals surface area contributed by atoms with Crippen molar-refractivity contribution in [1.29, 1.82) is 0 Å². The fourth-order valence-electron chi connectivity index (χ4n) is 4.27. The standard InChI is InChI=1S/C25H25N5O6S/c1-34-21-22(32)30-19(18(14-35-23(21)30)15-37-25-26-27-28-29(25)12-13-31)24(33)36-20(16-8-4-2-5-9-16)17-10-6-3-7-11-17/h2-11,20-21,23,31H,12-15H2,1H3. The first-order valence-electron chi connectivity index (χ1n) is 11.6. The van der Waals surface area contributed by atoms with E-state index in [0.29, 0.717) is 10.7 Å². The van der Waals surface area contributed by atoms with Gasteiger partial charge in [-0.25, -0.2) is 9.48 Å². The number of esters is 1. The van der Waals surface area contributed by atoms with Crippen molar-refractivity contribution in [3.8, 4) is 0 Å². The van der Waals surface area contributed by atoms with E-state index in [4.69, 9.17) is 14.2 Å². The van der Waals surface area contributed by atoms with E-state index >= 15 is 0 Å². The molecular formula is C25H25N5O6S. The molecule has 1 amide bonds. The summed E-state index contributed by atoms with van der Waals surface area (Å²) in [4.78, 5) is 28.0. The number of hydrogen-bond acceptors (Lipinski definition) is 10. The van der Waals surface area contributed by atoms with Crippen molar-refractivity contribution >= 4 is 23.6 Å². The molecule has 1 N–H and O–H groups in total. The molecule has 3 aromatic rings. The summed E-state index contributed by atoms with van der Waals surface area (Å²) in [5, 5.41) is 21.2. The number of methoxy groups -OCH3 is 1. The number of rotatable bonds is 10. The van der Waals surface area contributed by atoms with E-state index < -0.39 is 24.4 Å². The number of fused-ring (bicyclic) bond motifs is 1. The zero-order chi connectivity index (χ0) is 25.8. The third kappa shape index (κ3) is 5.01. The molecule has 2 unspecified atom stereocenters. The van der Waals surface area contributed by atoms with Crippen LogP contribution in [0.2, 0.25) is 0 Å². The molecule has 0 bridgehead atoms. The number of thioether (sulfide) groups is 1. The number of tetrazole rings is 1. The number of hydrogen-bond donors (Lipinski definition) is 1. The molecule has 0 saturated carbocycles. The maximum absolute atomic E-state index is 13.8. The average Bonchev–Trinajstić information content (AvgIpc) is 3.38. The van der Waals surface area contributed by atoms with Crippen LogP contribution in [0.1, 0.15) is 17.2 Å². The van der Waals surface area contributed by atoms with E-state index in [1.807, 2.05) is 60.7 Å². The highest BCUT2D eigenvalue weighted by atomic mass is 32.2. The van der Waals surface area contributed by atoms with Crippen LogP contribution in [-0.2, 0) is 30.3 Å². The Balaban J connectivity index is 1.46. The van der Waals surface area contributed by atoms with Crippen LogP contribution in [0, 0.1) is 0 Å². The van der Waals surface area contributed by atoms with Gasteiger partial charge in [0.15, 0.2) is 18.4 Å². The van der Waals surface area contributed by atoms with Gasteiger partial charge in [0.25, 0.3) is 5.91 Å². The van der Waals surface area contributed by atoms with Gasteiger partial charge in [-0.2, -0.15) is 0 Å². The number of aromatic nitrogens is 4. The number of benzene rings is 2. The molecule has 1 fully saturated rings. The lowest BCUT2D eigenvalue weighted by Crippen LogP contribution is -2.68. The molecule has 2 atom stereocenters. The molecule has 12 heteroatoms. The summed E-state index contributed by atoms with van der Waals surface area (Å²) in [6, 6.07) is 18.9. The highest BCUT2D eigenvalue weighted by Gasteiger charge is 2.55. The maximum Gasteiger partial charge on any atom is 0.356 e. The van der Waals surface area contributed by atoms with E-state index in [9.17, 15) is 14.7 Å². The number of ether oxygens (including phenoxy) is 3. The van der Waals surface area contributed by atoms with Crippen LogP contribution in [0.4, 0.5) is 0 Å². The van der Waals surface area contributed by atoms with E-state index in [1.54, 1.807) is 0 Å². The Bertz CT molecular complexity index is 1250. The summed E-state index contributed by atoms with van der Waals surface area (Å²) in [5.74, 6) is -0.742. The van der Waals surface area contributed by atoms with Crippen LogP contribution >= 0.6 is 11.8 Å². The van der Waals surface area contributed by atoms with Gasteiger partial charge >= 0.3 is 5.97 Å². The average molecular weight is 524 g/mol. The summed E-state index contributed by atoms with van der Waals surface area (Å²) < 4.78 is 18.7. The van der Waals surface area contributed by atoms with E-state index in [2.05, 4.69) is 15.5 Å². The van der Waals surface area contributed by atoms with Crippen molar-refractivity contribution in [2.45, 2.75) is 30.1 Å². The Morgan fingerprint density at radius 2 is 1.84 bits per heavy atom. The Labute approximate surface area is 217 Å². The lowest BCUT2D eigenvalue weighted by atomic mass is 10.00. The topological polar surface area (TPSA) is 129 Å². The molecular weight excluding hydrogens is 498 g/mol. The monoisotopic (exact) mass is 523 g/mol. The Hall–Kier alpha value is -3.58. The zero-order valence-electron chi connectivity index (χ0n) is 20.0. The first kappa shape index (κ1) is 25.1. The van der Waals surface area contributed by atoms with Gasteiger partial charge in [-0.15, -0.1) is 5.10 Å². The fourth-order valence-corrected chi connectivity index (χ4v) is 5.16. The van der Waals surface area contributed by atoms with Crippen LogP contribution in [0.25, 0.3) is 0 Å². The van der Waals surface area contributed by atoms with Crippen LogP contribution in [0.3, 0.4) is 0 Å². The van der Waals surface area contributed by atoms with Crippen LogP contribution in [0.15, 0.2) is 77.1 Å². The number of amides is 1. The molecule has 0 spiro atoms. The second-order valence-electron chi connectivity index (χ2n) is 8.32. The highest BCUT2D eigenvalue weighted by molar-refractivity contribution is 7.99. The Morgan fingerprint density at radius 3 is 2.46 bits per heavy atom. The first-order valence-corrected chi connectivity index (χ1v) is 12.6. The van der Waals surface area contributed by atoms with Gasteiger partial charge in [0.05, 0.1) is 19.8 Å². The van der Waals surface area contributed by atoms with Crippen molar-refractivity contribution < 1.29 is 28.9 Å².